The molecular formula is C21H26O. The highest BCUT2D eigenvalue weighted by Gasteiger charge is 2.75. The number of fused-ring (bicyclic) bond motifs is 23. The summed E-state index contributed by atoms with van der Waals surface area (Å²) in [5.74, 6) is 14.2. The first-order valence-electron chi connectivity index (χ1n) is 10.2. The third kappa shape index (κ3) is 0.938. The molecular weight excluding hydrogens is 268 g/mol. The van der Waals surface area contributed by atoms with Gasteiger partial charge in [-0.05, 0) is 103 Å². The first-order valence-corrected chi connectivity index (χ1v) is 10.2. The summed E-state index contributed by atoms with van der Waals surface area (Å²) in [6.45, 7) is 1.13. The molecule has 8 rings (SSSR count). The minimum atomic E-state index is 0.695. The molecule has 1 heterocycles. The van der Waals surface area contributed by atoms with Crippen LogP contribution in [0, 0.1) is 76.9 Å². The Hall–Kier alpha value is -0.300. The standard InChI is InChI=1S/C21H26O/c1-2-9-3-8(1)16-11-5-12(17(9)16)20-14-6-13(19(11)20)18-10-4-15(21(14)18)22-7-10/h1-2,8-21H,3-7H2. The van der Waals surface area contributed by atoms with Gasteiger partial charge >= 0.3 is 0 Å². The first-order chi connectivity index (χ1) is 10.9. The lowest BCUT2D eigenvalue weighted by atomic mass is 9.56. The van der Waals surface area contributed by atoms with Crippen LogP contribution in [-0.2, 0) is 4.74 Å². The molecule has 14 unspecified atom stereocenters. The Bertz CT molecular complexity index is 561. The molecule has 8 bridgehead atoms. The van der Waals surface area contributed by atoms with Gasteiger partial charge in [0, 0.05) is 0 Å². The number of rotatable bonds is 0. The van der Waals surface area contributed by atoms with Gasteiger partial charge in [0.2, 0.25) is 0 Å². The molecule has 14 atom stereocenters. The lowest BCUT2D eigenvalue weighted by Crippen LogP contribution is -2.47. The molecule has 0 aromatic rings. The van der Waals surface area contributed by atoms with Crippen LogP contribution in [0.15, 0.2) is 12.2 Å². The molecule has 0 spiro atoms. The van der Waals surface area contributed by atoms with E-state index in [1.807, 2.05) is 0 Å². The second-order valence-electron chi connectivity index (χ2n) is 10.4. The van der Waals surface area contributed by atoms with Crippen LogP contribution in [0.5, 0.6) is 0 Å². The molecule has 7 aliphatic carbocycles. The largest absolute Gasteiger partial charge is 0.378 e. The molecule has 1 aliphatic heterocycles. The van der Waals surface area contributed by atoms with Crippen molar-refractivity contribution in [2.24, 2.45) is 76.9 Å². The van der Waals surface area contributed by atoms with Gasteiger partial charge in [-0.2, -0.15) is 0 Å². The smallest absolute Gasteiger partial charge is 0.0612 e. The van der Waals surface area contributed by atoms with Gasteiger partial charge in [-0.15, -0.1) is 0 Å². The highest BCUT2D eigenvalue weighted by Crippen LogP contribution is 2.79. The zero-order valence-electron chi connectivity index (χ0n) is 13.2. The van der Waals surface area contributed by atoms with E-state index in [9.17, 15) is 0 Å². The number of allylic oxidation sites excluding steroid dienone is 2. The van der Waals surface area contributed by atoms with Crippen molar-refractivity contribution < 1.29 is 4.74 Å². The van der Waals surface area contributed by atoms with Crippen LogP contribution >= 0.6 is 0 Å². The Morgan fingerprint density at radius 1 is 0.591 bits per heavy atom. The third-order valence-corrected chi connectivity index (χ3v) is 10.5. The fourth-order valence-corrected chi connectivity index (χ4v) is 10.8. The average Bonchev–Trinajstić information content (AvgIpc) is 3.40. The lowest BCUT2D eigenvalue weighted by Gasteiger charge is -2.49. The van der Waals surface area contributed by atoms with Crippen LogP contribution in [0.3, 0.4) is 0 Å². The topological polar surface area (TPSA) is 9.23 Å². The second-order valence-corrected chi connectivity index (χ2v) is 10.4. The molecule has 7 fully saturated rings. The van der Waals surface area contributed by atoms with E-state index in [0.717, 1.165) is 77.6 Å². The van der Waals surface area contributed by atoms with E-state index in [-0.39, 0.29) is 0 Å². The van der Waals surface area contributed by atoms with Crippen molar-refractivity contribution >= 4 is 0 Å². The van der Waals surface area contributed by atoms with Gasteiger partial charge in [-0.3, -0.25) is 0 Å². The highest BCUT2D eigenvalue weighted by molar-refractivity contribution is 5.27. The zero-order valence-corrected chi connectivity index (χ0v) is 13.2. The van der Waals surface area contributed by atoms with Gasteiger partial charge in [0.05, 0.1) is 12.7 Å². The number of hydrogen-bond acceptors (Lipinski definition) is 1. The van der Waals surface area contributed by atoms with Crippen molar-refractivity contribution in [2.45, 2.75) is 31.8 Å². The molecule has 8 aliphatic rings. The molecule has 0 N–H and O–H groups in total. The summed E-state index contributed by atoms with van der Waals surface area (Å²) in [5, 5.41) is 0. The van der Waals surface area contributed by atoms with Crippen molar-refractivity contribution in [1.29, 1.82) is 0 Å². The molecule has 0 radical (unpaired) electrons. The fraction of sp³-hybridized carbons (Fsp3) is 0.905. The average molecular weight is 294 g/mol. The molecule has 116 valence electrons. The SMILES string of the molecule is C1=CC2CC1C1C3CC(C21)C1C2CC(C4C5COC(C5)C24)C31. The van der Waals surface area contributed by atoms with Gasteiger partial charge in [-0.25, -0.2) is 0 Å². The Kier molecular flexibility index (Phi) is 1.67. The van der Waals surface area contributed by atoms with E-state index in [4.69, 9.17) is 4.74 Å². The molecule has 1 nitrogen and oxygen atoms in total. The van der Waals surface area contributed by atoms with Gasteiger partial charge in [-0.1, -0.05) is 12.2 Å². The van der Waals surface area contributed by atoms with Crippen molar-refractivity contribution in [3.8, 4) is 0 Å². The van der Waals surface area contributed by atoms with E-state index >= 15 is 0 Å². The minimum Gasteiger partial charge on any atom is -0.378 e. The fourth-order valence-electron chi connectivity index (χ4n) is 10.8. The summed E-state index contributed by atoms with van der Waals surface area (Å²) in [5.41, 5.74) is 0. The van der Waals surface area contributed by atoms with Gasteiger partial charge in [0.1, 0.15) is 0 Å². The van der Waals surface area contributed by atoms with Crippen molar-refractivity contribution in [2.75, 3.05) is 6.61 Å². The minimum absolute atomic E-state index is 0.695. The molecule has 1 heteroatoms. The summed E-state index contributed by atoms with van der Waals surface area (Å²) < 4.78 is 6.17. The van der Waals surface area contributed by atoms with Gasteiger partial charge in [0.25, 0.3) is 0 Å². The van der Waals surface area contributed by atoms with Gasteiger partial charge in [0.15, 0.2) is 0 Å². The predicted molar refractivity (Wildman–Crippen MR) is 82.7 cm³/mol. The van der Waals surface area contributed by atoms with Crippen molar-refractivity contribution in [3.05, 3.63) is 12.2 Å². The van der Waals surface area contributed by atoms with Crippen LogP contribution in [0.2, 0.25) is 0 Å². The Balaban J connectivity index is 1.25. The predicted octanol–water partition coefficient (Wildman–Crippen LogP) is 3.61. The zero-order chi connectivity index (χ0) is 13.7. The van der Waals surface area contributed by atoms with Crippen molar-refractivity contribution in [3.63, 3.8) is 0 Å². The Labute approximate surface area is 132 Å². The maximum atomic E-state index is 6.17. The summed E-state index contributed by atoms with van der Waals surface area (Å²) in [4.78, 5) is 0. The number of hydrogen-bond donors (Lipinski definition) is 0. The Morgan fingerprint density at radius 3 is 1.95 bits per heavy atom. The Morgan fingerprint density at radius 2 is 1.23 bits per heavy atom. The molecule has 1 saturated heterocycles. The summed E-state index contributed by atoms with van der Waals surface area (Å²) in [6, 6.07) is 0. The summed E-state index contributed by atoms with van der Waals surface area (Å²) in [7, 11) is 0. The van der Waals surface area contributed by atoms with E-state index in [0.29, 0.717) is 6.10 Å². The second kappa shape index (κ2) is 3.25. The quantitative estimate of drug-likeness (QED) is 0.490. The molecule has 22 heavy (non-hydrogen) atoms. The van der Waals surface area contributed by atoms with Crippen molar-refractivity contribution in [1.82, 2.24) is 0 Å². The molecule has 0 aromatic carbocycles. The van der Waals surface area contributed by atoms with E-state index < -0.39 is 0 Å². The van der Waals surface area contributed by atoms with Crippen LogP contribution in [0.25, 0.3) is 0 Å². The third-order valence-electron chi connectivity index (χ3n) is 10.5. The number of ether oxygens (including phenoxy) is 1. The monoisotopic (exact) mass is 294 g/mol. The molecule has 6 saturated carbocycles. The van der Waals surface area contributed by atoms with E-state index in [1.165, 1.54) is 12.3 Å². The van der Waals surface area contributed by atoms with Crippen LogP contribution in [0.4, 0.5) is 0 Å². The maximum absolute atomic E-state index is 6.17. The van der Waals surface area contributed by atoms with E-state index in [2.05, 4.69) is 12.2 Å². The normalized spacial score (nSPS) is 76.7. The maximum Gasteiger partial charge on any atom is 0.0612 e. The highest BCUT2D eigenvalue weighted by atomic mass is 16.5. The van der Waals surface area contributed by atoms with Gasteiger partial charge < -0.3 is 4.74 Å². The summed E-state index contributed by atoms with van der Waals surface area (Å²) in [6.07, 6.45) is 12.2. The van der Waals surface area contributed by atoms with Crippen LogP contribution in [-0.4, -0.2) is 12.7 Å². The van der Waals surface area contributed by atoms with E-state index in [1.54, 1.807) is 19.3 Å². The van der Waals surface area contributed by atoms with Crippen LogP contribution < -0.4 is 0 Å². The molecule has 0 aromatic heterocycles. The lowest BCUT2D eigenvalue weighted by molar-refractivity contribution is -0.0740. The van der Waals surface area contributed by atoms with Crippen LogP contribution in [0.1, 0.15) is 25.7 Å². The first kappa shape index (κ1) is 11.3. The molecule has 0 amide bonds. The summed E-state index contributed by atoms with van der Waals surface area (Å²) >= 11 is 0.